The number of nitrogens with zero attached hydrogens (tertiary/aromatic N) is 4. The predicted molar refractivity (Wildman–Crippen MR) is 134 cm³/mol. The van der Waals surface area contributed by atoms with E-state index in [-0.39, 0.29) is 53.9 Å². The van der Waals surface area contributed by atoms with E-state index >= 15 is 0 Å². The Labute approximate surface area is 212 Å². The van der Waals surface area contributed by atoms with Crippen LogP contribution in [0.1, 0.15) is 38.5 Å². The molecule has 6 rings (SSSR count). The number of fused-ring (bicyclic) bond motifs is 5. The van der Waals surface area contributed by atoms with Crippen molar-refractivity contribution >= 4 is 23.6 Å². The number of carbonyl (C=O) groups is 3. The Morgan fingerprint density at radius 1 is 0.944 bits per heavy atom. The van der Waals surface area contributed by atoms with Crippen LogP contribution in [0.2, 0.25) is 0 Å². The van der Waals surface area contributed by atoms with Gasteiger partial charge in [0.2, 0.25) is 11.8 Å². The highest BCUT2D eigenvalue weighted by Crippen LogP contribution is 2.52. The first kappa shape index (κ1) is 23.6. The van der Waals surface area contributed by atoms with Crippen LogP contribution in [0.5, 0.6) is 0 Å². The van der Waals surface area contributed by atoms with E-state index in [1.54, 1.807) is 0 Å². The average molecular weight is 493 g/mol. The molecule has 3 heterocycles. The Morgan fingerprint density at radius 3 is 2.28 bits per heavy atom. The van der Waals surface area contributed by atoms with E-state index < -0.39 is 6.10 Å². The second kappa shape index (κ2) is 9.96. The molecule has 2 bridgehead atoms. The van der Waals surface area contributed by atoms with Crippen molar-refractivity contribution in [2.45, 2.75) is 44.6 Å². The van der Waals surface area contributed by atoms with Crippen LogP contribution in [0.3, 0.4) is 0 Å². The fourth-order valence-electron chi connectivity index (χ4n) is 7.07. The number of allylic oxidation sites excluding steroid dienone is 2. The smallest absolute Gasteiger partial charge is 0.309 e. The molecule has 1 aromatic rings. The fraction of sp³-hybridized carbons (Fsp3) is 0.643. The molecule has 0 spiro atoms. The molecule has 192 valence electrons. The summed E-state index contributed by atoms with van der Waals surface area (Å²) >= 11 is 0. The molecule has 2 saturated heterocycles. The largest absolute Gasteiger partial charge is 0.459 e. The number of hydrogen-bond acceptors (Lipinski definition) is 7. The van der Waals surface area contributed by atoms with Crippen molar-refractivity contribution in [3.63, 3.8) is 0 Å². The second-order valence-electron chi connectivity index (χ2n) is 11.2. The summed E-state index contributed by atoms with van der Waals surface area (Å²) in [6.45, 7) is 4.00. The van der Waals surface area contributed by atoms with Gasteiger partial charge in [-0.15, -0.1) is 0 Å². The maximum atomic E-state index is 13.3. The Bertz CT molecular complexity index is 986. The quantitative estimate of drug-likeness (QED) is 0.329. The van der Waals surface area contributed by atoms with Gasteiger partial charge in [-0.3, -0.25) is 24.2 Å². The molecule has 0 N–H and O–H groups in total. The normalized spacial score (nSPS) is 31.2. The van der Waals surface area contributed by atoms with Crippen LogP contribution in [-0.4, -0.2) is 77.9 Å². The van der Waals surface area contributed by atoms with E-state index in [0.717, 1.165) is 64.1 Å². The summed E-state index contributed by atoms with van der Waals surface area (Å²) < 4.78 is 6.09. The lowest BCUT2D eigenvalue weighted by Crippen LogP contribution is -2.52. The van der Waals surface area contributed by atoms with Crippen LogP contribution in [0, 0.1) is 29.6 Å². The van der Waals surface area contributed by atoms with Crippen LogP contribution >= 0.6 is 0 Å². The van der Waals surface area contributed by atoms with Crippen molar-refractivity contribution in [2.75, 3.05) is 44.2 Å². The maximum absolute atomic E-state index is 13.3. The van der Waals surface area contributed by atoms with E-state index in [0.29, 0.717) is 6.54 Å². The Morgan fingerprint density at radius 2 is 1.64 bits per heavy atom. The third-order valence-electron chi connectivity index (χ3n) is 8.98. The Hall–Kier alpha value is -2.74. The molecule has 3 aliphatic carbocycles. The van der Waals surface area contributed by atoms with Crippen molar-refractivity contribution in [1.29, 1.82) is 0 Å². The fourth-order valence-corrected chi connectivity index (χ4v) is 7.07. The molecule has 2 saturated carbocycles. The molecule has 0 radical (unpaired) electrons. The minimum absolute atomic E-state index is 0.0633. The molecular formula is C28H36N4O4. The highest BCUT2D eigenvalue weighted by Gasteiger charge is 2.59. The van der Waals surface area contributed by atoms with Gasteiger partial charge in [0.25, 0.3) is 0 Å². The molecule has 36 heavy (non-hydrogen) atoms. The Kier molecular flexibility index (Phi) is 6.54. The van der Waals surface area contributed by atoms with Crippen molar-refractivity contribution in [1.82, 2.24) is 14.8 Å². The molecule has 2 amide bonds. The number of esters is 1. The predicted octanol–water partition coefficient (Wildman–Crippen LogP) is 2.50. The molecule has 0 aromatic carbocycles. The summed E-state index contributed by atoms with van der Waals surface area (Å²) in [6, 6.07) is 5.94. The molecule has 8 nitrogen and oxygen atoms in total. The topological polar surface area (TPSA) is 83.1 Å². The third-order valence-corrected chi connectivity index (χ3v) is 8.98. The zero-order valence-electron chi connectivity index (χ0n) is 20.8. The number of rotatable bonds is 7. The summed E-state index contributed by atoms with van der Waals surface area (Å²) in [7, 11) is 0. The number of anilines is 1. The zero-order chi connectivity index (χ0) is 24.6. The van der Waals surface area contributed by atoms with Crippen molar-refractivity contribution < 1.29 is 19.1 Å². The highest BCUT2D eigenvalue weighted by molar-refractivity contribution is 6.06. The van der Waals surface area contributed by atoms with Gasteiger partial charge in [0.05, 0.1) is 24.3 Å². The molecule has 5 aliphatic rings. The van der Waals surface area contributed by atoms with E-state index in [4.69, 9.17) is 4.74 Å². The lowest BCUT2D eigenvalue weighted by Gasteiger charge is -2.37. The van der Waals surface area contributed by atoms with Gasteiger partial charge in [-0.2, -0.15) is 0 Å². The monoisotopic (exact) mass is 492 g/mol. The van der Waals surface area contributed by atoms with Crippen LogP contribution in [0.4, 0.5) is 5.82 Å². The third kappa shape index (κ3) is 4.44. The lowest BCUT2D eigenvalue weighted by atomic mass is 9.85. The van der Waals surface area contributed by atoms with Crippen LogP contribution in [0.25, 0.3) is 0 Å². The minimum Gasteiger partial charge on any atom is -0.459 e. The van der Waals surface area contributed by atoms with Gasteiger partial charge < -0.3 is 9.64 Å². The number of amides is 2. The standard InChI is InChI=1S/C28H36N4O4/c33-26-24-20-9-10-21(16-20)25(24)27(34)32(26)18-22(36-28(35)19-6-2-1-3-7-19)17-30-12-14-31(15-13-30)23-8-4-5-11-29-23/h4-5,8-11,19-22,24-25H,1-3,6-7,12-18H2/t20-,21?,22?,24-,25?/m0/s1. The molecule has 1 aromatic heterocycles. The number of pyridine rings is 1. The van der Waals surface area contributed by atoms with Crippen LogP contribution in [0.15, 0.2) is 36.5 Å². The second-order valence-corrected chi connectivity index (χ2v) is 11.2. The summed E-state index contributed by atoms with van der Waals surface area (Å²) in [5, 5.41) is 0. The number of carbonyl (C=O) groups excluding carboxylic acids is 3. The van der Waals surface area contributed by atoms with E-state index in [1.165, 1.54) is 11.3 Å². The zero-order valence-corrected chi connectivity index (χ0v) is 20.8. The minimum atomic E-state index is -0.502. The van der Waals surface area contributed by atoms with Crippen molar-refractivity contribution in [2.24, 2.45) is 29.6 Å². The van der Waals surface area contributed by atoms with Gasteiger partial charge in [-0.1, -0.05) is 37.5 Å². The molecule has 5 atom stereocenters. The first-order valence-corrected chi connectivity index (χ1v) is 13.7. The van der Waals surface area contributed by atoms with Crippen molar-refractivity contribution in [3.8, 4) is 0 Å². The molecule has 4 fully saturated rings. The van der Waals surface area contributed by atoms with Gasteiger partial charge in [-0.25, -0.2) is 4.98 Å². The number of imide groups is 1. The van der Waals surface area contributed by atoms with Gasteiger partial charge in [0, 0.05) is 38.9 Å². The highest BCUT2D eigenvalue weighted by atomic mass is 16.5. The van der Waals surface area contributed by atoms with Crippen LogP contribution < -0.4 is 4.90 Å². The van der Waals surface area contributed by atoms with Gasteiger partial charge in [-0.05, 0) is 43.2 Å². The van der Waals surface area contributed by atoms with E-state index in [1.807, 2.05) is 24.4 Å². The van der Waals surface area contributed by atoms with Crippen molar-refractivity contribution in [3.05, 3.63) is 36.5 Å². The molecule has 3 unspecified atom stereocenters. The molecular weight excluding hydrogens is 456 g/mol. The summed E-state index contributed by atoms with van der Waals surface area (Å²) in [5.41, 5.74) is 0. The summed E-state index contributed by atoms with van der Waals surface area (Å²) in [5.74, 6) is 0.544. The van der Waals surface area contributed by atoms with Gasteiger partial charge in [0.15, 0.2) is 0 Å². The number of likely N-dealkylation sites (tertiary alicyclic amines) is 1. The number of piperazine rings is 1. The number of aromatic nitrogens is 1. The molecule has 2 aliphatic heterocycles. The van der Waals surface area contributed by atoms with E-state index in [2.05, 4.69) is 26.9 Å². The lowest BCUT2D eigenvalue weighted by molar-refractivity contribution is -0.160. The SMILES string of the molecule is O=C(OC(CN1CCN(c2ccccn2)CC1)CN1C(=O)C2C3C=C[C@@H](C3)[C@@H]2C1=O)C1CCCCC1. The molecule has 8 heteroatoms. The average Bonchev–Trinajstić information content (AvgIpc) is 3.60. The van der Waals surface area contributed by atoms with Gasteiger partial charge in [0.1, 0.15) is 11.9 Å². The van der Waals surface area contributed by atoms with Crippen LogP contribution in [-0.2, 0) is 19.1 Å². The van der Waals surface area contributed by atoms with Gasteiger partial charge >= 0.3 is 5.97 Å². The van der Waals surface area contributed by atoms with E-state index in [9.17, 15) is 14.4 Å². The first-order chi connectivity index (χ1) is 17.6. The number of hydrogen-bond donors (Lipinski definition) is 0. The maximum Gasteiger partial charge on any atom is 0.309 e. The number of ether oxygens (including phenoxy) is 1. The first-order valence-electron chi connectivity index (χ1n) is 13.7. The summed E-state index contributed by atoms with van der Waals surface area (Å²) in [6.07, 6.45) is 11.5. The Balaban J connectivity index is 1.12. The summed E-state index contributed by atoms with van der Waals surface area (Å²) in [4.78, 5) is 50.1.